The zero-order valence-electron chi connectivity index (χ0n) is 20.0. The first-order valence-corrected chi connectivity index (χ1v) is 11.7. The monoisotopic (exact) mass is 507 g/mol. The number of rotatable bonds is 7. The van der Waals surface area contributed by atoms with Crippen LogP contribution in [0.2, 0.25) is 0 Å². The Bertz CT molecular complexity index is 1660. The Morgan fingerprint density at radius 3 is 2.37 bits per heavy atom. The molecule has 0 radical (unpaired) electrons. The number of carbonyl (C=O) groups excluding carboxylic acids is 1. The predicted octanol–water partition coefficient (Wildman–Crippen LogP) is 5.91. The molecule has 38 heavy (non-hydrogen) atoms. The minimum atomic E-state index is -1.000. The van der Waals surface area contributed by atoms with E-state index in [1.54, 1.807) is 60.8 Å². The summed E-state index contributed by atoms with van der Waals surface area (Å²) >= 11 is 0. The van der Waals surface area contributed by atoms with E-state index in [9.17, 15) is 19.1 Å². The summed E-state index contributed by atoms with van der Waals surface area (Å²) in [6.45, 7) is 0.156. The van der Waals surface area contributed by atoms with Crippen molar-refractivity contribution < 1.29 is 23.5 Å². The van der Waals surface area contributed by atoms with E-state index in [1.165, 1.54) is 18.2 Å². The molecule has 0 spiro atoms. The van der Waals surface area contributed by atoms with Crippen LogP contribution in [-0.4, -0.2) is 22.0 Å². The number of carboxylic acid groups (broad SMARTS) is 1. The molecular formula is C30H22FN3O4. The summed E-state index contributed by atoms with van der Waals surface area (Å²) in [4.78, 5) is 27.6. The van der Waals surface area contributed by atoms with Gasteiger partial charge in [0.05, 0.1) is 12.1 Å². The van der Waals surface area contributed by atoms with E-state index in [0.717, 1.165) is 33.2 Å². The number of nitrogen functional groups attached to an aromatic ring is 1. The molecule has 1 amide bonds. The largest absolute Gasteiger partial charge is 0.478 e. The first-order valence-electron chi connectivity index (χ1n) is 11.7. The SMILES string of the molecule is Nc1ccc(C=CC(=O)NCc2cc3cc(-c4ccc(C(=O)O)cc4)cc(-c4ccc(F)cc4)c3o2)cn1. The van der Waals surface area contributed by atoms with Crippen LogP contribution in [0.5, 0.6) is 0 Å². The van der Waals surface area contributed by atoms with E-state index in [1.807, 2.05) is 18.2 Å². The number of carboxylic acids is 1. The second-order valence-electron chi connectivity index (χ2n) is 8.61. The van der Waals surface area contributed by atoms with Crippen molar-refractivity contribution in [3.63, 3.8) is 0 Å². The van der Waals surface area contributed by atoms with Crippen LogP contribution < -0.4 is 11.1 Å². The number of nitrogens with one attached hydrogen (secondary N) is 1. The van der Waals surface area contributed by atoms with Crippen molar-refractivity contribution >= 4 is 34.7 Å². The number of nitrogens with zero attached hydrogens (tertiary/aromatic N) is 1. The van der Waals surface area contributed by atoms with Gasteiger partial charge in [0.2, 0.25) is 5.91 Å². The third-order valence-electron chi connectivity index (χ3n) is 5.96. The van der Waals surface area contributed by atoms with Gasteiger partial charge in [0.25, 0.3) is 0 Å². The zero-order chi connectivity index (χ0) is 26.6. The van der Waals surface area contributed by atoms with Crippen molar-refractivity contribution in [2.45, 2.75) is 6.54 Å². The molecule has 4 N–H and O–H groups in total. The van der Waals surface area contributed by atoms with E-state index in [0.29, 0.717) is 17.2 Å². The minimum Gasteiger partial charge on any atom is -0.478 e. The molecule has 0 aliphatic heterocycles. The number of aromatic nitrogens is 1. The van der Waals surface area contributed by atoms with Crippen LogP contribution in [0, 0.1) is 5.82 Å². The number of fused-ring (bicyclic) bond motifs is 1. The molecular weight excluding hydrogens is 485 g/mol. The van der Waals surface area contributed by atoms with E-state index < -0.39 is 5.97 Å². The van der Waals surface area contributed by atoms with Crippen molar-refractivity contribution in [1.82, 2.24) is 10.3 Å². The number of pyridine rings is 1. The Morgan fingerprint density at radius 2 is 1.68 bits per heavy atom. The number of anilines is 1. The quantitative estimate of drug-likeness (QED) is 0.236. The van der Waals surface area contributed by atoms with E-state index in [2.05, 4.69) is 10.3 Å². The van der Waals surface area contributed by atoms with Crippen molar-refractivity contribution in [3.05, 3.63) is 114 Å². The van der Waals surface area contributed by atoms with Gasteiger partial charge < -0.3 is 20.6 Å². The number of halogens is 1. The number of aromatic carboxylic acids is 1. The van der Waals surface area contributed by atoms with Crippen LogP contribution in [-0.2, 0) is 11.3 Å². The smallest absolute Gasteiger partial charge is 0.335 e. The molecule has 0 bridgehead atoms. The Labute approximate surface area is 217 Å². The number of hydrogen-bond acceptors (Lipinski definition) is 5. The van der Waals surface area contributed by atoms with Gasteiger partial charge in [0.1, 0.15) is 23.0 Å². The molecule has 2 aromatic heterocycles. The summed E-state index contributed by atoms with van der Waals surface area (Å²) in [7, 11) is 0. The molecule has 188 valence electrons. The minimum absolute atomic E-state index is 0.156. The Kier molecular flexibility index (Phi) is 6.69. The Hall–Kier alpha value is -5.24. The van der Waals surface area contributed by atoms with Crippen molar-refractivity contribution in [1.29, 1.82) is 0 Å². The summed E-state index contributed by atoms with van der Waals surface area (Å²) in [5.41, 5.74) is 10.3. The molecule has 7 nitrogen and oxygen atoms in total. The molecule has 0 unspecified atom stereocenters. The average Bonchev–Trinajstić information content (AvgIpc) is 3.35. The number of hydrogen-bond donors (Lipinski definition) is 3. The second kappa shape index (κ2) is 10.4. The Morgan fingerprint density at radius 1 is 0.947 bits per heavy atom. The highest BCUT2D eigenvalue weighted by Crippen LogP contribution is 2.36. The fourth-order valence-electron chi connectivity index (χ4n) is 4.03. The molecule has 0 fully saturated rings. The lowest BCUT2D eigenvalue weighted by atomic mass is 9.96. The number of amides is 1. The van der Waals surface area contributed by atoms with Crippen LogP contribution in [0.4, 0.5) is 10.2 Å². The molecule has 3 aromatic carbocycles. The lowest BCUT2D eigenvalue weighted by Crippen LogP contribution is -2.19. The highest BCUT2D eigenvalue weighted by Gasteiger charge is 2.14. The van der Waals surface area contributed by atoms with Gasteiger partial charge in [-0.3, -0.25) is 4.79 Å². The molecule has 0 saturated carbocycles. The van der Waals surface area contributed by atoms with Gasteiger partial charge >= 0.3 is 5.97 Å². The van der Waals surface area contributed by atoms with Gasteiger partial charge in [-0.25, -0.2) is 14.2 Å². The molecule has 0 atom stereocenters. The highest BCUT2D eigenvalue weighted by molar-refractivity contribution is 5.97. The summed E-state index contributed by atoms with van der Waals surface area (Å²) in [6.07, 6.45) is 4.61. The van der Waals surface area contributed by atoms with Crippen LogP contribution in [0.25, 0.3) is 39.3 Å². The fraction of sp³-hybridized carbons (Fsp3) is 0.0333. The standard InChI is InChI=1S/C30H22FN3O4/c31-24-9-7-20(8-10-24)26-15-22(19-3-5-21(6-4-19)30(36)37)13-23-14-25(38-29(23)26)17-34-28(35)12-2-18-1-11-27(32)33-16-18/h1-16H,17H2,(H2,32,33)(H,34,35)(H,36,37). The average molecular weight is 508 g/mol. The lowest BCUT2D eigenvalue weighted by molar-refractivity contribution is -0.116. The lowest BCUT2D eigenvalue weighted by Gasteiger charge is -2.08. The number of furan rings is 1. The summed E-state index contributed by atoms with van der Waals surface area (Å²) < 4.78 is 19.7. The predicted molar refractivity (Wildman–Crippen MR) is 144 cm³/mol. The maximum Gasteiger partial charge on any atom is 0.335 e. The summed E-state index contributed by atoms with van der Waals surface area (Å²) in [6, 6.07) is 21.8. The molecule has 0 aliphatic carbocycles. The molecule has 5 rings (SSSR count). The van der Waals surface area contributed by atoms with Crippen LogP contribution in [0.15, 0.2) is 95.6 Å². The van der Waals surface area contributed by atoms with E-state index in [4.69, 9.17) is 10.2 Å². The number of carbonyl (C=O) groups is 2. The van der Waals surface area contributed by atoms with Gasteiger partial charge in [-0.2, -0.15) is 0 Å². The van der Waals surface area contributed by atoms with E-state index in [-0.39, 0.29) is 23.8 Å². The molecule has 5 aromatic rings. The highest BCUT2D eigenvalue weighted by atomic mass is 19.1. The van der Waals surface area contributed by atoms with Gasteiger partial charge in [0.15, 0.2) is 0 Å². The number of nitrogens with two attached hydrogens (primary N) is 1. The maximum absolute atomic E-state index is 13.6. The third-order valence-corrected chi connectivity index (χ3v) is 5.96. The van der Waals surface area contributed by atoms with Gasteiger partial charge in [-0.15, -0.1) is 0 Å². The first-order chi connectivity index (χ1) is 18.4. The van der Waals surface area contributed by atoms with Gasteiger partial charge in [0, 0.05) is 23.2 Å². The van der Waals surface area contributed by atoms with E-state index >= 15 is 0 Å². The maximum atomic E-state index is 13.6. The Balaban J connectivity index is 1.44. The topological polar surface area (TPSA) is 118 Å². The van der Waals surface area contributed by atoms with Crippen LogP contribution in [0.1, 0.15) is 21.7 Å². The first kappa shape index (κ1) is 24.5. The van der Waals surface area contributed by atoms with Crippen molar-refractivity contribution in [2.24, 2.45) is 0 Å². The molecule has 0 aliphatic rings. The van der Waals surface area contributed by atoms with Crippen LogP contribution in [0.3, 0.4) is 0 Å². The van der Waals surface area contributed by atoms with Gasteiger partial charge in [-0.05, 0) is 82.9 Å². The molecule has 0 saturated heterocycles. The van der Waals surface area contributed by atoms with Gasteiger partial charge in [-0.1, -0.05) is 24.3 Å². The summed E-state index contributed by atoms with van der Waals surface area (Å²) in [5, 5.41) is 12.8. The molecule has 2 heterocycles. The fourth-order valence-corrected chi connectivity index (χ4v) is 4.03. The third kappa shape index (κ3) is 5.44. The van der Waals surface area contributed by atoms with Crippen LogP contribution >= 0.6 is 0 Å². The van der Waals surface area contributed by atoms with Crippen molar-refractivity contribution in [2.75, 3.05) is 5.73 Å². The summed E-state index contributed by atoms with van der Waals surface area (Å²) in [5.74, 6) is -0.716. The van der Waals surface area contributed by atoms with Crippen molar-refractivity contribution in [3.8, 4) is 22.3 Å². The normalized spacial score (nSPS) is 11.2. The number of benzene rings is 3. The molecule has 8 heteroatoms. The zero-order valence-corrected chi connectivity index (χ0v) is 20.0. The second-order valence-corrected chi connectivity index (χ2v) is 8.61.